The summed E-state index contributed by atoms with van der Waals surface area (Å²) in [6.07, 6.45) is -0.962. The molecule has 0 fully saturated rings. The Morgan fingerprint density at radius 2 is 1.59 bits per heavy atom. The molecule has 5 heteroatoms. The summed E-state index contributed by atoms with van der Waals surface area (Å²) in [5, 5.41) is 0. The lowest BCUT2D eigenvalue weighted by Crippen LogP contribution is -2.32. The highest BCUT2D eigenvalue weighted by Crippen LogP contribution is 2.21. The van der Waals surface area contributed by atoms with E-state index in [-0.39, 0.29) is 6.61 Å². The zero-order chi connectivity index (χ0) is 15.9. The molecule has 5 nitrogen and oxygen atoms in total. The third-order valence-electron chi connectivity index (χ3n) is 3.03. The van der Waals surface area contributed by atoms with E-state index in [9.17, 15) is 9.59 Å². The standard InChI is InChI=1S/C17H17NO4/c1-12(17(18)20)22-16(19)11-21-15-9-7-14(8-10-15)13-5-3-2-4-6-13/h2-10,12H,11H2,1H3,(H2,18,20). The fourth-order valence-corrected chi connectivity index (χ4v) is 1.81. The van der Waals surface area contributed by atoms with Gasteiger partial charge in [-0.1, -0.05) is 42.5 Å². The molecule has 114 valence electrons. The van der Waals surface area contributed by atoms with Crippen molar-refractivity contribution in [3.05, 3.63) is 54.6 Å². The van der Waals surface area contributed by atoms with Gasteiger partial charge in [0.25, 0.3) is 5.91 Å². The van der Waals surface area contributed by atoms with Gasteiger partial charge in [0.2, 0.25) is 0 Å². The summed E-state index contributed by atoms with van der Waals surface area (Å²) in [4.78, 5) is 22.3. The lowest BCUT2D eigenvalue weighted by atomic mass is 10.1. The van der Waals surface area contributed by atoms with Gasteiger partial charge >= 0.3 is 5.97 Å². The van der Waals surface area contributed by atoms with Gasteiger partial charge in [-0.2, -0.15) is 0 Å². The van der Waals surface area contributed by atoms with E-state index < -0.39 is 18.0 Å². The molecule has 1 amide bonds. The Morgan fingerprint density at radius 3 is 2.18 bits per heavy atom. The molecular weight excluding hydrogens is 282 g/mol. The quantitative estimate of drug-likeness (QED) is 0.829. The van der Waals surface area contributed by atoms with E-state index in [2.05, 4.69) is 0 Å². The predicted octanol–water partition coefficient (Wildman–Crippen LogP) is 2.15. The molecule has 2 rings (SSSR count). The molecule has 1 atom stereocenters. The van der Waals surface area contributed by atoms with Crippen LogP contribution in [0.2, 0.25) is 0 Å². The van der Waals surface area contributed by atoms with Crippen LogP contribution in [0, 0.1) is 0 Å². The Hall–Kier alpha value is -2.82. The number of carbonyl (C=O) groups is 2. The third kappa shape index (κ3) is 4.34. The van der Waals surface area contributed by atoms with Crippen molar-refractivity contribution in [1.82, 2.24) is 0 Å². The molecule has 0 aromatic heterocycles. The number of amides is 1. The monoisotopic (exact) mass is 299 g/mol. The van der Waals surface area contributed by atoms with Crippen LogP contribution in [-0.2, 0) is 14.3 Å². The van der Waals surface area contributed by atoms with Crippen LogP contribution < -0.4 is 10.5 Å². The van der Waals surface area contributed by atoms with Gasteiger partial charge in [-0.25, -0.2) is 4.79 Å². The Balaban J connectivity index is 1.89. The molecule has 0 saturated carbocycles. The maximum absolute atomic E-state index is 11.5. The zero-order valence-electron chi connectivity index (χ0n) is 12.2. The minimum atomic E-state index is -0.962. The number of benzene rings is 2. The van der Waals surface area contributed by atoms with Gasteiger partial charge < -0.3 is 15.2 Å². The van der Waals surface area contributed by atoms with E-state index in [1.165, 1.54) is 6.92 Å². The first-order valence-corrected chi connectivity index (χ1v) is 6.83. The SMILES string of the molecule is CC(OC(=O)COc1ccc(-c2ccccc2)cc1)C(N)=O. The summed E-state index contributed by atoms with van der Waals surface area (Å²) >= 11 is 0. The Bertz CT molecular complexity index is 637. The summed E-state index contributed by atoms with van der Waals surface area (Å²) in [5.74, 6) is -0.789. The average molecular weight is 299 g/mol. The van der Waals surface area contributed by atoms with Crippen molar-refractivity contribution in [1.29, 1.82) is 0 Å². The Kier molecular flexibility index (Phi) is 5.14. The van der Waals surface area contributed by atoms with Crippen molar-refractivity contribution in [3.63, 3.8) is 0 Å². The number of nitrogens with two attached hydrogens (primary N) is 1. The number of carbonyl (C=O) groups excluding carboxylic acids is 2. The summed E-state index contributed by atoms with van der Waals surface area (Å²) in [6.45, 7) is 1.14. The van der Waals surface area contributed by atoms with Crippen LogP contribution in [0.25, 0.3) is 11.1 Å². The zero-order valence-corrected chi connectivity index (χ0v) is 12.2. The maximum Gasteiger partial charge on any atom is 0.344 e. The maximum atomic E-state index is 11.5. The molecule has 1 unspecified atom stereocenters. The molecule has 22 heavy (non-hydrogen) atoms. The largest absolute Gasteiger partial charge is 0.482 e. The molecule has 0 radical (unpaired) electrons. The minimum Gasteiger partial charge on any atom is -0.482 e. The second-order valence-electron chi connectivity index (χ2n) is 4.71. The van der Waals surface area contributed by atoms with E-state index in [4.69, 9.17) is 15.2 Å². The Morgan fingerprint density at radius 1 is 1.00 bits per heavy atom. The van der Waals surface area contributed by atoms with Gasteiger partial charge in [-0.05, 0) is 30.2 Å². The van der Waals surface area contributed by atoms with Gasteiger partial charge in [0.15, 0.2) is 12.7 Å². The number of primary amides is 1. The summed E-state index contributed by atoms with van der Waals surface area (Å²) in [7, 11) is 0. The van der Waals surface area contributed by atoms with Crippen molar-refractivity contribution >= 4 is 11.9 Å². The molecule has 0 aliphatic carbocycles. The smallest absolute Gasteiger partial charge is 0.344 e. The van der Waals surface area contributed by atoms with Crippen molar-refractivity contribution in [2.45, 2.75) is 13.0 Å². The molecule has 0 spiro atoms. The van der Waals surface area contributed by atoms with Gasteiger partial charge in [0.1, 0.15) is 5.75 Å². The normalized spacial score (nSPS) is 11.5. The van der Waals surface area contributed by atoms with E-state index in [1.807, 2.05) is 42.5 Å². The fraction of sp³-hybridized carbons (Fsp3) is 0.176. The highest BCUT2D eigenvalue weighted by Gasteiger charge is 2.14. The average Bonchev–Trinajstić information content (AvgIpc) is 2.54. The summed E-state index contributed by atoms with van der Waals surface area (Å²) in [5.41, 5.74) is 7.16. The molecule has 2 N–H and O–H groups in total. The van der Waals surface area contributed by atoms with Crippen molar-refractivity contribution < 1.29 is 19.1 Å². The highest BCUT2D eigenvalue weighted by molar-refractivity contribution is 5.82. The van der Waals surface area contributed by atoms with E-state index in [0.29, 0.717) is 5.75 Å². The first kappa shape index (κ1) is 15.6. The third-order valence-corrected chi connectivity index (χ3v) is 3.03. The van der Waals surface area contributed by atoms with Crippen LogP contribution in [0.1, 0.15) is 6.92 Å². The molecule has 0 heterocycles. The van der Waals surface area contributed by atoms with Gasteiger partial charge in [0, 0.05) is 0 Å². The van der Waals surface area contributed by atoms with Crippen LogP contribution >= 0.6 is 0 Å². The predicted molar refractivity (Wildman–Crippen MR) is 82.1 cm³/mol. The highest BCUT2D eigenvalue weighted by atomic mass is 16.6. The minimum absolute atomic E-state index is 0.275. The van der Waals surface area contributed by atoms with E-state index in [0.717, 1.165) is 11.1 Å². The number of hydrogen-bond donors (Lipinski definition) is 1. The van der Waals surface area contributed by atoms with Gasteiger partial charge in [-0.15, -0.1) is 0 Å². The number of hydrogen-bond acceptors (Lipinski definition) is 4. The second-order valence-corrected chi connectivity index (χ2v) is 4.71. The molecular formula is C17H17NO4. The molecule has 0 saturated heterocycles. The lowest BCUT2D eigenvalue weighted by Gasteiger charge is -2.10. The Labute approximate surface area is 128 Å². The molecule has 2 aromatic rings. The molecule has 0 bridgehead atoms. The van der Waals surface area contributed by atoms with Gasteiger partial charge in [-0.3, -0.25) is 4.79 Å². The number of esters is 1. The van der Waals surface area contributed by atoms with E-state index in [1.54, 1.807) is 12.1 Å². The van der Waals surface area contributed by atoms with Crippen LogP contribution in [0.4, 0.5) is 0 Å². The molecule has 2 aromatic carbocycles. The number of rotatable bonds is 6. The van der Waals surface area contributed by atoms with Crippen LogP contribution in [-0.4, -0.2) is 24.6 Å². The van der Waals surface area contributed by atoms with E-state index >= 15 is 0 Å². The van der Waals surface area contributed by atoms with Crippen LogP contribution in [0.15, 0.2) is 54.6 Å². The van der Waals surface area contributed by atoms with Crippen LogP contribution in [0.5, 0.6) is 5.75 Å². The van der Waals surface area contributed by atoms with Crippen molar-refractivity contribution in [3.8, 4) is 16.9 Å². The lowest BCUT2D eigenvalue weighted by molar-refractivity contribution is -0.155. The molecule has 0 aliphatic rings. The second kappa shape index (κ2) is 7.26. The van der Waals surface area contributed by atoms with Crippen molar-refractivity contribution in [2.75, 3.05) is 6.61 Å². The van der Waals surface area contributed by atoms with Crippen LogP contribution in [0.3, 0.4) is 0 Å². The fourth-order valence-electron chi connectivity index (χ4n) is 1.81. The first-order chi connectivity index (χ1) is 10.6. The first-order valence-electron chi connectivity index (χ1n) is 6.83. The number of ether oxygens (including phenoxy) is 2. The summed E-state index contributed by atoms with van der Waals surface area (Å²) < 4.78 is 10.1. The van der Waals surface area contributed by atoms with Crippen molar-refractivity contribution in [2.24, 2.45) is 5.73 Å². The topological polar surface area (TPSA) is 78.6 Å². The summed E-state index contributed by atoms with van der Waals surface area (Å²) in [6, 6.07) is 17.3. The molecule has 0 aliphatic heterocycles. The van der Waals surface area contributed by atoms with Gasteiger partial charge in [0.05, 0.1) is 0 Å².